The van der Waals surface area contributed by atoms with Gasteiger partial charge in [-0.15, -0.1) is 0 Å². The van der Waals surface area contributed by atoms with Gasteiger partial charge in [-0.1, -0.05) is 24.3 Å². The summed E-state index contributed by atoms with van der Waals surface area (Å²) in [6.07, 6.45) is 1.30. The number of benzene rings is 2. The molecule has 1 aliphatic heterocycles. The van der Waals surface area contributed by atoms with E-state index in [0.29, 0.717) is 11.3 Å². The van der Waals surface area contributed by atoms with Crippen LogP contribution < -0.4 is 15.0 Å². The van der Waals surface area contributed by atoms with Crippen LogP contribution in [0.3, 0.4) is 0 Å². The third-order valence-electron chi connectivity index (χ3n) is 3.61. The minimum Gasteiger partial charge on any atom is -0.495 e. The van der Waals surface area contributed by atoms with Crippen LogP contribution in [-0.4, -0.2) is 25.0 Å². The third kappa shape index (κ3) is 3.12. The normalized spacial score (nSPS) is 16.2. The first-order valence-corrected chi connectivity index (χ1v) is 7.31. The predicted molar refractivity (Wildman–Crippen MR) is 88.4 cm³/mol. The molecule has 0 radical (unpaired) electrons. The van der Waals surface area contributed by atoms with Gasteiger partial charge in [0.05, 0.1) is 12.8 Å². The summed E-state index contributed by atoms with van der Waals surface area (Å²) in [4.78, 5) is 37.8. The lowest BCUT2D eigenvalue weighted by molar-refractivity contribution is -0.122. The summed E-state index contributed by atoms with van der Waals surface area (Å²) in [7, 11) is 1.41. The minimum atomic E-state index is -0.865. The average molecular weight is 340 g/mol. The SMILES string of the molecule is COc1ccccc1N1C(=O)NC(=O)/C(=C\c2ccc(F)cc2)C1=O. The van der Waals surface area contributed by atoms with Crippen molar-refractivity contribution in [1.82, 2.24) is 5.32 Å². The molecule has 2 aromatic carbocycles. The number of methoxy groups -OCH3 is 1. The monoisotopic (exact) mass is 340 g/mol. The molecular formula is C18H13FN2O4. The van der Waals surface area contributed by atoms with Crippen LogP contribution in [0.4, 0.5) is 14.9 Å². The van der Waals surface area contributed by atoms with Crippen molar-refractivity contribution in [3.8, 4) is 5.75 Å². The van der Waals surface area contributed by atoms with Gasteiger partial charge in [0.2, 0.25) is 0 Å². The number of nitrogens with zero attached hydrogens (tertiary/aromatic N) is 1. The number of carbonyl (C=O) groups is 3. The zero-order valence-electron chi connectivity index (χ0n) is 13.2. The fourth-order valence-electron chi connectivity index (χ4n) is 2.42. The van der Waals surface area contributed by atoms with E-state index >= 15 is 0 Å². The summed E-state index contributed by atoms with van der Waals surface area (Å²) in [5.41, 5.74) is 0.427. The number of halogens is 1. The Morgan fingerprint density at radius 2 is 1.72 bits per heavy atom. The Hall–Kier alpha value is -3.48. The van der Waals surface area contributed by atoms with Crippen LogP contribution in [0, 0.1) is 5.82 Å². The van der Waals surface area contributed by atoms with E-state index < -0.39 is 23.7 Å². The minimum absolute atomic E-state index is 0.213. The first kappa shape index (κ1) is 16.4. The average Bonchev–Trinajstić information content (AvgIpc) is 2.60. The Bertz CT molecular complexity index is 890. The molecule has 0 aromatic heterocycles. The standard InChI is InChI=1S/C18H13FN2O4/c1-25-15-5-3-2-4-14(15)21-17(23)13(16(22)20-18(21)24)10-11-6-8-12(19)9-7-11/h2-10H,1H3,(H,20,22,24)/b13-10+. The molecule has 1 saturated heterocycles. The fraction of sp³-hybridized carbons (Fsp3) is 0.0556. The number of imide groups is 2. The van der Waals surface area contributed by atoms with Gasteiger partial charge in [0.1, 0.15) is 17.1 Å². The molecule has 0 spiro atoms. The molecule has 0 aliphatic carbocycles. The lowest BCUT2D eigenvalue weighted by Crippen LogP contribution is -2.54. The number of rotatable bonds is 3. The first-order valence-electron chi connectivity index (χ1n) is 7.31. The highest BCUT2D eigenvalue weighted by molar-refractivity contribution is 6.39. The van der Waals surface area contributed by atoms with Crippen LogP contribution in [0.1, 0.15) is 5.56 Å². The van der Waals surface area contributed by atoms with Crippen molar-refractivity contribution in [2.75, 3.05) is 12.0 Å². The number of ether oxygens (including phenoxy) is 1. The summed E-state index contributed by atoms with van der Waals surface area (Å²) in [6.45, 7) is 0. The number of barbiturate groups is 1. The summed E-state index contributed by atoms with van der Waals surface area (Å²) >= 11 is 0. The molecule has 1 N–H and O–H groups in total. The molecule has 7 heteroatoms. The molecule has 0 unspecified atom stereocenters. The molecule has 6 nitrogen and oxygen atoms in total. The quantitative estimate of drug-likeness (QED) is 0.688. The maximum absolute atomic E-state index is 13.0. The summed E-state index contributed by atoms with van der Waals surface area (Å²) in [5.74, 6) is -1.73. The number of hydrogen-bond acceptors (Lipinski definition) is 4. The molecule has 0 bridgehead atoms. The smallest absolute Gasteiger partial charge is 0.336 e. The molecular weight excluding hydrogens is 327 g/mol. The van der Waals surface area contributed by atoms with Crippen LogP contribution in [-0.2, 0) is 9.59 Å². The Balaban J connectivity index is 2.04. The van der Waals surface area contributed by atoms with E-state index in [-0.39, 0.29) is 11.3 Å². The van der Waals surface area contributed by atoms with Crippen molar-refractivity contribution in [2.24, 2.45) is 0 Å². The van der Waals surface area contributed by atoms with E-state index in [0.717, 1.165) is 4.90 Å². The van der Waals surface area contributed by atoms with Gasteiger partial charge in [0.25, 0.3) is 11.8 Å². The van der Waals surface area contributed by atoms with Gasteiger partial charge in [0.15, 0.2) is 0 Å². The topological polar surface area (TPSA) is 75.7 Å². The zero-order chi connectivity index (χ0) is 18.0. The number of nitrogens with one attached hydrogen (secondary N) is 1. The maximum atomic E-state index is 13.0. The number of hydrogen-bond donors (Lipinski definition) is 1. The van der Waals surface area contributed by atoms with Crippen LogP contribution in [0.2, 0.25) is 0 Å². The summed E-state index contributed by atoms with van der Waals surface area (Å²) in [6, 6.07) is 10.8. The molecule has 3 rings (SSSR count). The lowest BCUT2D eigenvalue weighted by Gasteiger charge is -2.27. The van der Waals surface area contributed by atoms with E-state index in [9.17, 15) is 18.8 Å². The molecule has 25 heavy (non-hydrogen) atoms. The van der Waals surface area contributed by atoms with E-state index in [2.05, 4.69) is 5.32 Å². The van der Waals surface area contributed by atoms with Crippen molar-refractivity contribution >= 4 is 29.6 Å². The Labute approximate surface area is 142 Å². The van der Waals surface area contributed by atoms with Gasteiger partial charge in [-0.3, -0.25) is 14.9 Å². The van der Waals surface area contributed by atoms with Crippen molar-refractivity contribution in [3.05, 3.63) is 65.5 Å². The Morgan fingerprint density at radius 3 is 2.40 bits per heavy atom. The molecule has 0 saturated carbocycles. The fourth-order valence-corrected chi connectivity index (χ4v) is 2.42. The number of para-hydroxylation sites is 2. The summed E-state index contributed by atoms with van der Waals surface area (Å²) in [5, 5.41) is 2.12. The molecule has 1 aliphatic rings. The van der Waals surface area contributed by atoms with E-state index in [1.54, 1.807) is 18.2 Å². The van der Waals surface area contributed by atoms with Crippen molar-refractivity contribution in [2.45, 2.75) is 0 Å². The predicted octanol–water partition coefficient (Wildman–Crippen LogP) is 2.50. The van der Waals surface area contributed by atoms with E-state index in [1.165, 1.54) is 43.5 Å². The van der Waals surface area contributed by atoms with Crippen molar-refractivity contribution < 1.29 is 23.5 Å². The maximum Gasteiger partial charge on any atom is 0.336 e. The second kappa shape index (κ2) is 6.56. The number of anilines is 1. The number of amides is 4. The molecule has 2 aromatic rings. The molecule has 1 fully saturated rings. The largest absolute Gasteiger partial charge is 0.495 e. The molecule has 0 atom stereocenters. The number of urea groups is 1. The van der Waals surface area contributed by atoms with Gasteiger partial charge in [-0.2, -0.15) is 0 Å². The highest BCUT2D eigenvalue weighted by Crippen LogP contribution is 2.30. The van der Waals surface area contributed by atoms with E-state index in [1.807, 2.05) is 0 Å². The highest BCUT2D eigenvalue weighted by Gasteiger charge is 2.37. The lowest BCUT2D eigenvalue weighted by atomic mass is 10.1. The van der Waals surface area contributed by atoms with Crippen LogP contribution >= 0.6 is 0 Å². The van der Waals surface area contributed by atoms with Crippen LogP contribution in [0.25, 0.3) is 6.08 Å². The van der Waals surface area contributed by atoms with Crippen LogP contribution in [0.5, 0.6) is 5.75 Å². The Kier molecular flexibility index (Phi) is 4.30. The molecule has 126 valence electrons. The highest BCUT2D eigenvalue weighted by atomic mass is 19.1. The van der Waals surface area contributed by atoms with E-state index in [4.69, 9.17) is 4.74 Å². The van der Waals surface area contributed by atoms with Gasteiger partial charge in [-0.25, -0.2) is 14.1 Å². The molecule has 4 amide bonds. The van der Waals surface area contributed by atoms with Crippen molar-refractivity contribution in [3.63, 3.8) is 0 Å². The zero-order valence-corrected chi connectivity index (χ0v) is 13.2. The Morgan fingerprint density at radius 1 is 1.04 bits per heavy atom. The van der Waals surface area contributed by atoms with Gasteiger partial charge >= 0.3 is 6.03 Å². The number of carbonyl (C=O) groups excluding carboxylic acids is 3. The second-order valence-corrected chi connectivity index (χ2v) is 5.18. The van der Waals surface area contributed by atoms with Crippen LogP contribution in [0.15, 0.2) is 54.1 Å². The molecule has 1 heterocycles. The van der Waals surface area contributed by atoms with Gasteiger partial charge in [-0.05, 0) is 35.9 Å². The first-order chi connectivity index (χ1) is 12.0. The second-order valence-electron chi connectivity index (χ2n) is 5.18. The van der Waals surface area contributed by atoms with Gasteiger partial charge in [0, 0.05) is 0 Å². The summed E-state index contributed by atoms with van der Waals surface area (Å²) < 4.78 is 18.2. The van der Waals surface area contributed by atoms with Crippen molar-refractivity contribution in [1.29, 1.82) is 0 Å². The third-order valence-corrected chi connectivity index (χ3v) is 3.61. The van der Waals surface area contributed by atoms with Gasteiger partial charge < -0.3 is 4.74 Å².